The van der Waals surface area contributed by atoms with E-state index in [1.807, 2.05) is 32.5 Å². The van der Waals surface area contributed by atoms with Gasteiger partial charge in [-0.25, -0.2) is 0 Å². The van der Waals surface area contributed by atoms with Gasteiger partial charge < -0.3 is 10.6 Å². The molecule has 6 nitrogen and oxygen atoms in total. The van der Waals surface area contributed by atoms with Gasteiger partial charge in [-0.15, -0.1) is 0 Å². The maximum atomic E-state index is 12.5. The molecule has 2 rings (SSSR count). The average Bonchev–Trinajstić information content (AvgIpc) is 3.04. The third-order valence-corrected chi connectivity index (χ3v) is 4.65. The van der Waals surface area contributed by atoms with Crippen LogP contribution in [-0.4, -0.2) is 65.6 Å². The molecule has 148 valence electrons. The Labute approximate surface area is 152 Å². The summed E-state index contributed by atoms with van der Waals surface area (Å²) in [5.74, 6) is 0.658. The van der Waals surface area contributed by atoms with Crippen LogP contribution in [0.5, 0.6) is 0 Å². The molecule has 1 atom stereocenters. The van der Waals surface area contributed by atoms with E-state index in [9.17, 15) is 13.2 Å². The summed E-state index contributed by atoms with van der Waals surface area (Å²) in [5, 5.41) is 10.8. The van der Waals surface area contributed by atoms with Gasteiger partial charge in [0, 0.05) is 45.0 Å². The molecular weight excluding hydrogens is 345 g/mol. The van der Waals surface area contributed by atoms with Gasteiger partial charge in [0.2, 0.25) is 0 Å². The molecule has 2 N–H and O–H groups in total. The number of hydrogen-bond acceptors (Lipinski definition) is 3. The molecule has 0 amide bonds. The number of aryl methyl sites for hydroxylation is 2. The minimum atomic E-state index is -4.15. The molecule has 1 aliphatic rings. The van der Waals surface area contributed by atoms with Gasteiger partial charge in [-0.3, -0.25) is 14.6 Å². The third-order valence-electron chi connectivity index (χ3n) is 4.65. The second-order valence-electron chi connectivity index (χ2n) is 6.76. The SMILES string of the molecule is CCNC(=NCCc1c(C)nn(C)c1C)NC1CCN(CC(F)(F)F)C1. The minimum absolute atomic E-state index is 0.0167. The van der Waals surface area contributed by atoms with Crippen LogP contribution < -0.4 is 10.6 Å². The maximum absolute atomic E-state index is 12.5. The van der Waals surface area contributed by atoms with E-state index in [0.29, 0.717) is 38.6 Å². The van der Waals surface area contributed by atoms with Crippen molar-refractivity contribution in [2.24, 2.45) is 12.0 Å². The molecule has 1 fully saturated rings. The summed E-state index contributed by atoms with van der Waals surface area (Å²) < 4.78 is 39.4. The molecule has 1 saturated heterocycles. The summed E-state index contributed by atoms with van der Waals surface area (Å²) in [6, 6.07) is -0.0167. The Bertz CT molecular complexity index is 623. The molecule has 1 aromatic heterocycles. The van der Waals surface area contributed by atoms with Crippen LogP contribution in [0.25, 0.3) is 0 Å². The number of nitrogens with zero attached hydrogens (tertiary/aromatic N) is 4. The lowest BCUT2D eigenvalue weighted by molar-refractivity contribution is -0.143. The van der Waals surface area contributed by atoms with Crippen LogP contribution in [0, 0.1) is 13.8 Å². The highest BCUT2D eigenvalue weighted by molar-refractivity contribution is 5.80. The number of nitrogens with one attached hydrogen (secondary N) is 2. The summed E-state index contributed by atoms with van der Waals surface area (Å²) in [4.78, 5) is 6.01. The van der Waals surface area contributed by atoms with Gasteiger partial charge in [0.1, 0.15) is 0 Å². The van der Waals surface area contributed by atoms with Crippen LogP contribution in [0.1, 0.15) is 30.3 Å². The van der Waals surface area contributed by atoms with E-state index in [0.717, 1.165) is 17.8 Å². The Morgan fingerprint density at radius 3 is 2.65 bits per heavy atom. The van der Waals surface area contributed by atoms with Crippen molar-refractivity contribution in [3.63, 3.8) is 0 Å². The van der Waals surface area contributed by atoms with E-state index in [1.165, 1.54) is 10.5 Å². The lowest BCUT2D eigenvalue weighted by atomic mass is 10.1. The van der Waals surface area contributed by atoms with Crippen molar-refractivity contribution in [3.8, 4) is 0 Å². The summed E-state index contributed by atoms with van der Waals surface area (Å²) in [6.45, 7) is 7.28. The molecular formula is C17H29F3N6. The monoisotopic (exact) mass is 374 g/mol. The highest BCUT2D eigenvalue weighted by atomic mass is 19.4. The molecule has 9 heteroatoms. The molecule has 0 spiro atoms. The molecule has 0 saturated carbocycles. The van der Waals surface area contributed by atoms with Gasteiger partial charge in [0.25, 0.3) is 0 Å². The van der Waals surface area contributed by atoms with Crippen molar-refractivity contribution >= 4 is 5.96 Å². The van der Waals surface area contributed by atoms with Crippen molar-refractivity contribution in [2.45, 2.75) is 45.8 Å². The molecule has 1 unspecified atom stereocenters. The van der Waals surface area contributed by atoms with Crippen molar-refractivity contribution in [3.05, 3.63) is 17.0 Å². The third kappa shape index (κ3) is 5.89. The van der Waals surface area contributed by atoms with Crippen LogP contribution in [0.4, 0.5) is 13.2 Å². The van der Waals surface area contributed by atoms with Crippen molar-refractivity contribution in [2.75, 3.05) is 32.7 Å². The smallest absolute Gasteiger partial charge is 0.357 e. The second kappa shape index (κ2) is 8.75. The van der Waals surface area contributed by atoms with Crippen molar-refractivity contribution < 1.29 is 13.2 Å². The Morgan fingerprint density at radius 1 is 1.35 bits per heavy atom. The summed E-state index contributed by atoms with van der Waals surface area (Å²) in [6.07, 6.45) is -2.68. The van der Waals surface area contributed by atoms with E-state index in [4.69, 9.17) is 0 Å². The molecule has 0 aliphatic carbocycles. The molecule has 26 heavy (non-hydrogen) atoms. The lowest BCUT2D eigenvalue weighted by Gasteiger charge is -2.19. The number of rotatable bonds is 6. The summed E-state index contributed by atoms with van der Waals surface area (Å²) >= 11 is 0. The highest BCUT2D eigenvalue weighted by Gasteiger charge is 2.34. The topological polar surface area (TPSA) is 57.5 Å². The zero-order valence-corrected chi connectivity index (χ0v) is 15.9. The summed E-state index contributed by atoms with van der Waals surface area (Å²) in [7, 11) is 1.92. The first-order valence-corrected chi connectivity index (χ1v) is 9.02. The van der Waals surface area contributed by atoms with Crippen molar-refractivity contribution in [1.29, 1.82) is 0 Å². The van der Waals surface area contributed by atoms with Gasteiger partial charge in [0.15, 0.2) is 5.96 Å². The quantitative estimate of drug-likeness (QED) is 0.589. The normalized spacial score (nSPS) is 19.2. The average molecular weight is 374 g/mol. The number of guanidine groups is 1. The number of aliphatic imine (C=N–C) groups is 1. The Hall–Kier alpha value is -1.77. The predicted octanol–water partition coefficient (Wildman–Crippen LogP) is 1.77. The number of hydrogen-bond donors (Lipinski definition) is 2. The Morgan fingerprint density at radius 2 is 2.08 bits per heavy atom. The van der Waals surface area contributed by atoms with Crippen molar-refractivity contribution in [1.82, 2.24) is 25.3 Å². The number of alkyl halides is 3. The maximum Gasteiger partial charge on any atom is 0.401 e. The molecule has 0 radical (unpaired) electrons. The lowest BCUT2D eigenvalue weighted by Crippen LogP contribution is -2.45. The number of aromatic nitrogens is 2. The van der Waals surface area contributed by atoms with Gasteiger partial charge >= 0.3 is 6.18 Å². The van der Waals surface area contributed by atoms with Crippen LogP contribution in [-0.2, 0) is 13.5 Å². The Kier molecular flexibility index (Phi) is 6.91. The second-order valence-corrected chi connectivity index (χ2v) is 6.76. The van der Waals surface area contributed by atoms with E-state index < -0.39 is 12.7 Å². The Balaban J connectivity index is 1.89. The fraction of sp³-hybridized carbons (Fsp3) is 0.765. The molecule has 1 aromatic rings. The first-order valence-electron chi connectivity index (χ1n) is 9.02. The first-order chi connectivity index (χ1) is 12.2. The zero-order chi connectivity index (χ0) is 19.3. The molecule has 2 heterocycles. The number of likely N-dealkylation sites (tertiary alicyclic amines) is 1. The van der Waals surface area contributed by atoms with Crippen LogP contribution in [0.3, 0.4) is 0 Å². The van der Waals surface area contributed by atoms with Gasteiger partial charge in [0.05, 0.1) is 12.2 Å². The minimum Gasteiger partial charge on any atom is -0.357 e. The zero-order valence-electron chi connectivity index (χ0n) is 15.9. The standard InChI is InChI=1S/C17H29F3N6/c1-5-21-16(22-8-6-15-12(2)24-25(4)13(15)3)23-14-7-9-26(10-14)11-17(18,19)20/h14H,5-11H2,1-4H3,(H2,21,22,23). The van der Waals surface area contributed by atoms with Crippen LogP contribution >= 0.6 is 0 Å². The number of halogens is 3. The fourth-order valence-electron chi connectivity index (χ4n) is 3.32. The van der Waals surface area contributed by atoms with Crippen LogP contribution in [0.15, 0.2) is 4.99 Å². The highest BCUT2D eigenvalue weighted by Crippen LogP contribution is 2.20. The van der Waals surface area contributed by atoms with E-state index >= 15 is 0 Å². The summed E-state index contributed by atoms with van der Waals surface area (Å²) in [5.41, 5.74) is 3.34. The predicted molar refractivity (Wildman–Crippen MR) is 96.4 cm³/mol. The van der Waals surface area contributed by atoms with E-state index in [2.05, 4.69) is 20.7 Å². The van der Waals surface area contributed by atoms with Crippen LogP contribution in [0.2, 0.25) is 0 Å². The van der Waals surface area contributed by atoms with E-state index in [-0.39, 0.29) is 6.04 Å². The fourth-order valence-corrected chi connectivity index (χ4v) is 3.32. The van der Waals surface area contributed by atoms with Gasteiger partial charge in [-0.05, 0) is 39.2 Å². The molecule has 0 bridgehead atoms. The first kappa shape index (κ1) is 20.5. The molecule has 0 aromatic carbocycles. The van der Waals surface area contributed by atoms with Gasteiger partial charge in [-0.2, -0.15) is 18.3 Å². The van der Waals surface area contributed by atoms with E-state index in [1.54, 1.807) is 0 Å². The van der Waals surface area contributed by atoms with Gasteiger partial charge in [-0.1, -0.05) is 0 Å². The molecule has 1 aliphatic heterocycles. The largest absolute Gasteiger partial charge is 0.401 e.